The summed E-state index contributed by atoms with van der Waals surface area (Å²) in [5.74, 6) is 0.705. The predicted molar refractivity (Wildman–Crippen MR) is 89.5 cm³/mol. The summed E-state index contributed by atoms with van der Waals surface area (Å²) in [7, 11) is 0. The highest BCUT2D eigenvalue weighted by atomic mass is 32.1. The summed E-state index contributed by atoms with van der Waals surface area (Å²) >= 11 is 1.09. The molecule has 0 saturated carbocycles. The van der Waals surface area contributed by atoms with E-state index in [0.29, 0.717) is 35.3 Å². The Hall–Kier alpha value is -3.19. The van der Waals surface area contributed by atoms with Crippen LogP contribution < -0.4 is 0 Å². The normalized spacial score (nSPS) is 16.2. The maximum absolute atomic E-state index is 13.1. The minimum atomic E-state index is -0.383. The lowest BCUT2D eigenvalue weighted by molar-refractivity contribution is 0.0638. The molecule has 0 radical (unpaired) electrons. The average Bonchev–Trinajstić information content (AvgIpc) is 3.29. The van der Waals surface area contributed by atoms with Gasteiger partial charge < -0.3 is 9.47 Å². The molecule has 2 aromatic heterocycles. The number of carbonyl (C=O) groups is 1. The Morgan fingerprint density at radius 1 is 1.31 bits per heavy atom. The van der Waals surface area contributed by atoms with E-state index >= 15 is 0 Å². The third kappa shape index (κ3) is 2.62. The molecule has 1 aliphatic rings. The first-order valence-electron chi connectivity index (χ1n) is 7.82. The van der Waals surface area contributed by atoms with Crippen LogP contribution >= 0.6 is 11.5 Å². The Morgan fingerprint density at radius 3 is 2.77 bits per heavy atom. The molecule has 10 heteroatoms. The number of nitriles is 1. The Morgan fingerprint density at radius 2 is 2.08 bits per heavy atom. The van der Waals surface area contributed by atoms with E-state index in [2.05, 4.69) is 19.6 Å². The molecule has 0 bridgehead atoms. The number of fused-ring (bicyclic) bond motifs is 1. The summed E-state index contributed by atoms with van der Waals surface area (Å²) < 4.78 is 18.9. The summed E-state index contributed by atoms with van der Waals surface area (Å²) in [6.45, 7) is 2.82. The maximum Gasteiger partial charge on any atom is 0.254 e. The molecule has 0 spiro atoms. The molecular weight excluding hydrogens is 357 g/mol. The van der Waals surface area contributed by atoms with Gasteiger partial charge in [-0.2, -0.15) is 9.64 Å². The van der Waals surface area contributed by atoms with Gasteiger partial charge in [-0.1, -0.05) is 0 Å². The van der Waals surface area contributed by atoms with Crippen LogP contribution in [-0.2, 0) is 6.54 Å². The van der Waals surface area contributed by atoms with Gasteiger partial charge in [-0.25, -0.2) is 9.37 Å². The summed E-state index contributed by atoms with van der Waals surface area (Å²) in [6.07, 6.45) is 0. The van der Waals surface area contributed by atoms with Crippen molar-refractivity contribution in [3.05, 3.63) is 47.3 Å². The molecule has 0 saturated heterocycles. The van der Waals surface area contributed by atoms with Gasteiger partial charge in [0.25, 0.3) is 5.91 Å². The van der Waals surface area contributed by atoms with Gasteiger partial charge in [0.05, 0.1) is 6.04 Å². The molecule has 130 valence electrons. The number of hydrogen-bond acceptors (Lipinski definition) is 7. The fraction of sp³-hybridized carbons (Fsp3) is 0.250. The van der Waals surface area contributed by atoms with E-state index in [-0.39, 0.29) is 23.6 Å². The van der Waals surface area contributed by atoms with Gasteiger partial charge in [0, 0.05) is 18.7 Å². The monoisotopic (exact) mass is 369 g/mol. The quantitative estimate of drug-likeness (QED) is 0.685. The van der Waals surface area contributed by atoms with Crippen molar-refractivity contribution in [1.29, 1.82) is 5.26 Å². The first-order chi connectivity index (χ1) is 12.6. The van der Waals surface area contributed by atoms with Crippen molar-refractivity contribution in [2.24, 2.45) is 0 Å². The lowest BCUT2D eigenvalue weighted by atomic mass is 10.1. The molecule has 1 amide bonds. The van der Waals surface area contributed by atoms with Gasteiger partial charge in [0.2, 0.25) is 5.82 Å². The van der Waals surface area contributed by atoms with Crippen LogP contribution in [0.15, 0.2) is 24.3 Å². The Balaban J connectivity index is 1.63. The third-order valence-electron chi connectivity index (χ3n) is 4.25. The molecule has 1 aromatic carbocycles. The number of hydrogen-bond donors (Lipinski definition) is 0. The molecule has 3 heterocycles. The first-order valence-corrected chi connectivity index (χ1v) is 8.59. The van der Waals surface area contributed by atoms with E-state index in [9.17, 15) is 9.18 Å². The van der Waals surface area contributed by atoms with Crippen LogP contribution in [0.4, 0.5) is 4.39 Å². The predicted octanol–water partition coefficient (Wildman–Crippen LogP) is 2.02. The van der Waals surface area contributed by atoms with Crippen LogP contribution in [0, 0.1) is 17.1 Å². The number of aromatic nitrogens is 5. The molecule has 1 aliphatic heterocycles. The van der Waals surface area contributed by atoms with E-state index in [0.717, 1.165) is 11.5 Å². The molecule has 0 unspecified atom stereocenters. The second kappa shape index (κ2) is 6.27. The topological polar surface area (TPSA) is 101 Å². The van der Waals surface area contributed by atoms with Crippen molar-refractivity contribution < 1.29 is 9.18 Å². The summed E-state index contributed by atoms with van der Waals surface area (Å²) in [4.78, 5) is 18.5. The van der Waals surface area contributed by atoms with Crippen molar-refractivity contribution in [1.82, 2.24) is 29.0 Å². The van der Waals surface area contributed by atoms with E-state index in [4.69, 9.17) is 5.26 Å². The number of carbonyl (C=O) groups excluding carboxylic acids is 1. The first kappa shape index (κ1) is 16.3. The molecule has 26 heavy (non-hydrogen) atoms. The van der Waals surface area contributed by atoms with Crippen molar-refractivity contribution >= 4 is 17.4 Å². The van der Waals surface area contributed by atoms with Crippen LogP contribution in [0.25, 0.3) is 10.8 Å². The maximum atomic E-state index is 13.1. The van der Waals surface area contributed by atoms with E-state index in [1.54, 1.807) is 4.90 Å². The number of benzene rings is 1. The minimum Gasteiger partial charge on any atom is -0.327 e. The summed E-state index contributed by atoms with van der Waals surface area (Å²) in [5, 5.41) is 17.8. The molecule has 0 aliphatic carbocycles. The van der Waals surface area contributed by atoms with Crippen LogP contribution in [0.5, 0.6) is 0 Å². The standard InChI is InChI=1S/C16H12FN7OS/c1-9-13-20-21-14(15-19-12(8-18)22-26-15)24(13)7-6-23(9)16(25)10-2-4-11(17)5-3-10/h2-5,9H,6-7H2,1H3/t9-/m1/s1. The zero-order valence-electron chi connectivity index (χ0n) is 13.6. The number of nitrogens with zero attached hydrogens (tertiary/aromatic N) is 7. The second-order valence-corrected chi connectivity index (χ2v) is 6.50. The van der Waals surface area contributed by atoms with Crippen LogP contribution in [0.1, 0.15) is 35.0 Å². The Labute approximate surface area is 151 Å². The van der Waals surface area contributed by atoms with Crippen molar-refractivity contribution in [2.75, 3.05) is 6.54 Å². The fourth-order valence-corrected chi connectivity index (χ4v) is 3.55. The van der Waals surface area contributed by atoms with Gasteiger partial charge in [-0.05, 0) is 42.7 Å². The van der Waals surface area contributed by atoms with Gasteiger partial charge in [0.1, 0.15) is 11.9 Å². The highest BCUT2D eigenvalue weighted by Crippen LogP contribution is 2.30. The van der Waals surface area contributed by atoms with Gasteiger partial charge in [-0.3, -0.25) is 4.79 Å². The van der Waals surface area contributed by atoms with Crippen molar-refractivity contribution in [2.45, 2.75) is 19.5 Å². The lowest BCUT2D eigenvalue weighted by Crippen LogP contribution is -2.41. The number of rotatable bonds is 2. The molecule has 1 atom stereocenters. The molecular formula is C16H12FN7OS. The molecule has 0 N–H and O–H groups in total. The summed E-state index contributed by atoms with van der Waals surface area (Å²) in [5.41, 5.74) is 0.425. The van der Waals surface area contributed by atoms with Gasteiger partial charge >= 0.3 is 0 Å². The lowest BCUT2D eigenvalue weighted by Gasteiger charge is -2.33. The molecule has 3 aromatic rings. The van der Waals surface area contributed by atoms with Crippen LogP contribution in [0.3, 0.4) is 0 Å². The fourth-order valence-electron chi connectivity index (χ4n) is 2.94. The van der Waals surface area contributed by atoms with Crippen LogP contribution in [0.2, 0.25) is 0 Å². The zero-order chi connectivity index (χ0) is 18.3. The third-order valence-corrected chi connectivity index (χ3v) is 4.97. The molecule has 4 rings (SSSR count). The van der Waals surface area contributed by atoms with Gasteiger partial charge in [-0.15, -0.1) is 10.2 Å². The van der Waals surface area contributed by atoms with E-state index in [1.807, 2.05) is 17.6 Å². The Bertz CT molecular complexity index is 1020. The zero-order valence-corrected chi connectivity index (χ0v) is 14.4. The van der Waals surface area contributed by atoms with Crippen molar-refractivity contribution in [3.63, 3.8) is 0 Å². The highest BCUT2D eigenvalue weighted by molar-refractivity contribution is 7.09. The SMILES string of the molecule is C[C@@H]1c2nnc(-c3nc(C#N)ns3)n2CCN1C(=O)c1ccc(F)cc1. The molecule has 8 nitrogen and oxygen atoms in total. The average molecular weight is 369 g/mol. The number of amides is 1. The van der Waals surface area contributed by atoms with Crippen molar-refractivity contribution in [3.8, 4) is 16.9 Å². The summed E-state index contributed by atoms with van der Waals surface area (Å²) in [6, 6.07) is 7.07. The van der Waals surface area contributed by atoms with E-state index < -0.39 is 0 Å². The number of halogens is 1. The van der Waals surface area contributed by atoms with Crippen LogP contribution in [-0.4, -0.2) is 41.5 Å². The van der Waals surface area contributed by atoms with Gasteiger partial charge in [0.15, 0.2) is 16.7 Å². The Kier molecular flexibility index (Phi) is 3.93. The second-order valence-electron chi connectivity index (χ2n) is 5.75. The largest absolute Gasteiger partial charge is 0.327 e. The smallest absolute Gasteiger partial charge is 0.254 e. The highest BCUT2D eigenvalue weighted by Gasteiger charge is 2.32. The van der Waals surface area contributed by atoms with E-state index in [1.165, 1.54) is 24.3 Å². The minimum absolute atomic E-state index is 0.0966. The molecule has 0 fully saturated rings.